The average Bonchev–Trinajstić information content (AvgIpc) is 2.73. The minimum Gasteiger partial charge on any atom is -0.388 e. The monoisotopic (exact) mass is 426 g/mol. The molecule has 2 aromatic carbocycles. The molecule has 2 aliphatic heterocycles. The van der Waals surface area contributed by atoms with Gasteiger partial charge in [-0.3, -0.25) is 0 Å². The molecule has 2 aliphatic rings. The Kier molecular flexibility index (Phi) is 5.66. The lowest BCUT2D eigenvalue weighted by molar-refractivity contribution is -0.356. The van der Waals surface area contributed by atoms with Crippen LogP contribution in [0.1, 0.15) is 11.1 Å². The molecule has 2 heterocycles. The van der Waals surface area contributed by atoms with Gasteiger partial charge in [0.1, 0.15) is 24.4 Å². The van der Waals surface area contributed by atoms with E-state index in [-0.39, 0.29) is 13.2 Å². The molecule has 0 radical (unpaired) electrons. The summed E-state index contributed by atoms with van der Waals surface area (Å²) in [5.41, 5.74) is 1.13. The van der Waals surface area contributed by atoms with Crippen LogP contribution in [0.4, 0.5) is 0 Å². The van der Waals surface area contributed by atoms with Crippen molar-refractivity contribution in [2.24, 2.45) is 0 Å². The Hall–Kier alpha value is -1.22. The first-order chi connectivity index (χ1) is 13.4. The van der Waals surface area contributed by atoms with Gasteiger partial charge in [0, 0.05) is 11.1 Å². The van der Waals surface area contributed by atoms with Gasteiger partial charge in [0.2, 0.25) is 0 Å². The van der Waals surface area contributed by atoms with E-state index in [1.807, 2.05) is 12.1 Å². The molecule has 28 heavy (non-hydrogen) atoms. The maximum absolute atomic E-state index is 10.5. The molecule has 6 nitrogen and oxygen atoms in total. The van der Waals surface area contributed by atoms with Gasteiger partial charge in [0.25, 0.3) is 10.5 Å². The molecule has 2 unspecified atom stereocenters. The van der Waals surface area contributed by atoms with Crippen molar-refractivity contribution < 1.29 is 29.2 Å². The van der Waals surface area contributed by atoms with E-state index < -0.39 is 34.9 Å². The van der Waals surface area contributed by atoms with E-state index >= 15 is 0 Å². The van der Waals surface area contributed by atoms with Gasteiger partial charge in [-0.05, 0) is 0 Å². The minimum absolute atomic E-state index is 0.100. The molecule has 0 aromatic heterocycles. The zero-order valence-electron chi connectivity index (χ0n) is 14.8. The SMILES string of the molecule is O[C@@H]1COC(Cl)(c2ccccc2)O[C@@H]1[C@H]1OC(Cl)(c2ccccc2)OC[C@@H]1O. The molecule has 2 fully saturated rings. The number of aliphatic hydroxyl groups excluding tert-OH is 2. The normalized spacial score (nSPS) is 38.9. The summed E-state index contributed by atoms with van der Waals surface area (Å²) in [5, 5.41) is 17.7. The van der Waals surface area contributed by atoms with Crippen molar-refractivity contribution in [3.05, 3.63) is 71.8 Å². The van der Waals surface area contributed by atoms with Crippen LogP contribution in [0.15, 0.2) is 60.7 Å². The molecule has 2 N–H and O–H groups in total. The van der Waals surface area contributed by atoms with Gasteiger partial charge in [0.15, 0.2) is 0 Å². The minimum atomic E-state index is -1.62. The Labute approximate surface area is 172 Å². The van der Waals surface area contributed by atoms with Crippen LogP contribution in [-0.4, -0.2) is 47.8 Å². The molecule has 0 saturated carbocycles. The summed E-state index contributed by atoms with van der Waals surface area (Å²) in [4.78, 5) is 0. The highest BCUT2D eigenvalue weighted by molar-refractivity contribution is 6.22. The highest BCUT2D eigenvalue weighted by Gasteiger charge is 2.52. The Balaban J connectivity index is 1.60. The van der Waals surface area contributed by atoms with Crippen molar-refractivity contribution in [2.45, 2.75) is 34.9 Å². The van der Waals surface area contributed by atoms with Gasteiger partial charge in [-0.2, -0.15) is 0 Å². The second-order valence-electron chi connectivity index (χ2n) is 6.73. The summed E-state index contributed by atoms with van der Waals surface area (Å²) in [6.45, 7) is -0.200. The zero-order valence-corrected chi connectivity index (χ0v) is 16.3. The van der Waals surface area contributed by atoms with Gasteiger partial charge in [0.05, 0.1) is 13.2 Å². The summed E-state index contributed by atoms with van der Waals surface area (Å²) in [6, 6.07) is 17.9. The van der Waals surface area contributed by atoms with E-state index in [2.05, 4.69) is 0 Å². The van der Waals surface area contributed by atoms with Crippen LogP contribution in [0, 0.1) is 0 Å². The van der Waals surface area contributed by atoms with Crippen LogP contribution >= 0.6 is 23.2 Å². The highest BCUT2D eigenvalue weighted by Crippen LogP contribution is 2.43. The van der Waals surface area contributed by atoms with E-state index in [9.17, 15) is 10.2 Å². The predicted octanol–water partition coefficient (Wildman–Crippen LogP) is 2.64. The predicted molar refractivity (Wildman–Crippen MR) is 102 cm³/mol. The number of hydrogen-bond donors (Lipinski definition) is 2. The number of alkyl halides is 2. The fourth-order valence-corrected chi connectivity index (χ4v) is 3.88. The first-order valence-electron chi connectivity index (χ1n) is 8.90. The van der Waals surface area contributed by atoms with Crippen molar-refractivity contribution in [2.75, 3.05) is 13.2 Å². The third-order valence-electron chi connectivity index (χ3n) is 4.77. The highest BCUT2D eigenvalue weighted by atomic mass is 35.5. The third kappa shape index (κ3) is 3.79. The van der Waals surface area contributed by atoms with Crippen molar-refractivity contribution in [3.8, 4) is 0 Å². The molecular weight excluding hydrogens is 407 g/mol. The molecule has 2 aromatic rings. The molecule has 0 aliphatic carbocycles. The Bertz CT molecular complexity index is 726. The number of halogens is 2. The number of hydrogen-bond acceptors (Lipinski definition) is 6. The van der Waals surface area contributed by atoms with E-state index in [0.29, 0.717) is 11.1 Å². The molecule has 8 heteroatoms. The molecule has 2 saturated heterocycles. The summed E-state index contributed by atoms with van der Waals surface area (Å²) in [6.07, 6.45) is -4.14. The first kappa shape index (κ1) is 20.1. The molecule has 0 bridgehead atoms. The van der Waals surface area contributed by atoms with Crippen LogP contribution in [0.25, 0.3) is 0 Å². The fourth-order valence-electron chi connectivity index (χ4n) is 3.30. The molecule has 0 spiro atoms. The maximum atomic E-state index is 10.5. The average molecular weight is 427 g/mol. The first-order valence-corrected chi connectivity index (χ1v) is 9.65. The molecule has 0 amide bonds. The number of ether oxygens (including phenoxy) is 4. The Morgan fingerprint density at radius 3 is 1.39 bits per heavy atom. The second-order valence-corrected chi connectivity index (χ2v) is 7.72. The maximum Gasteiger partial charge on any atom is 0.276 e. The lowest BCUT2D eigenvalue weighted by Gasteiger charge is -2.47. The van der Waals surface area contributed by atoms with E-state index in [1.54, 1.807) is 48.5 Å². The quantitative estimate of drug-likeness (QED) is 0.734. The van der Waals surface area contributed by atoms with Crippen molar-refractivity contribution in [1.29, 1.82) is 0 Å². The molecule has 4 rings (SSSR count). The Morgan fingerprint density at radius 1 is 0.679 bits per heavy atom. The van der Waals surface area contributed by atoms with Crippen molar-refractivity contribution in [1.82, 2.24) is 0 Å². The third-order valence-corrected chi connectivity index (χ3v) is 5.61. The summed E-state index contributed by atoms with van der Waals surface area (Å²) < 4.78 is 22.9. The number of aliphatic hydroxyl groups is 2. The van der Waals surface area contributed by atoms with Gasteiger partial charge < -0.3 is 29.2 Å². The van der Waals surface area contributed by atoms with Gasteiger partial charge in [-0.1, -0.05) is 83.9 Å². The smallest absolute Gasteiger partial charge is 0.276 e. The van der Waals surface area contributed by atoms with Crippen LogP contribution in [-0.2, 0) is 29.4 Å². The van der Waals surface area contributed by atoms with Gasteiger partial charge in [-0.25, -0.2) is 0 Å². The Morgan fingerprint density at radius 2 is 1.04 bits per heavy atom. The molecular formula is C20H20Cl2O6. The van der Waals surface area contributed by atoms with Crippen LogP contribution < -0.4 is 0 Å². The molecule has 150 valence electrons. The lowest BCUT2D eigenvalue weighted by atomic mass is 10.0. The number of rotatable bonds is 3. The van der Waals surface area contributed by atoms with Crippen LogP contribution in [0.5, 0.6) is 0 Å². The second kappa shape index (κ2) is 7.89. The fraction of sp³-hybridized carbons (Fsp3) is 0.400. The number of benzene rings is 2. The van der Waals surface area contributed by atoms with E-state index in [1.165, 1.54) is 0 Å². The lowest BCUT2D eigenvalue weighted by Crippen LogP contribution is -2.60. The summed E-state index contributed by atoms with van der Waals surface area (Å²) >= 11 is 13.1. The van der Waals surface area contributed by atoms with Crippen LogP contribution in [0.2, 0.25) is 0 Å². The van der Waals surface area contributed by atoms with E-state index in [0.717, 1.165) is 0 Å². The van der Waals surface area contributed by atoms with Gasteiger partial charge in [-0.15, -0.1) is 0 Å². The molecule has 6 atom stereocenters. The van der Waals surface area contributed by atoms with Crippen LogP contribution in [0.3, 0.4) is 0 Å². The van der Waals surface area contributed by atoms with Crippen molar-refractivity contribution >= 4 is 23.2 Å². The summed E-state index contributed by atoms with van der Waals surface area (Å²) in [7, 11) is 0. The van der Waals surface area contributed by atoms with Gasteiger partial charge >= 0.3 is 0 Å². The zero-order chi connectivity index (χ0) is 19.8. The summed E-state index contributed by atoms with van der Waals surface area (Å²) in [5.74, 6) is 0. The standard InChI is InChI=1S/C20H20Cl2O6/c21-19(13-7-3-1-4-8-13)25-11-15(23)17(27-19)18-16(24)12-26-20(22,28-18)14-9-5-2-6-10-14/h1-10,15-18,23-24H,11-12H2/t15-,16+,17-,18-,19?,20?/m0/s1. The van der Waals surface area contributed by atoms with E-state index in [4.69, 9.17) is 42.1 Å². The van der Waals surface area contributed by atoms with Crippen molar-refractivity contribution in [3.63, 3.8) is 0 Å². The largest absolute Gasteiger partial charge is 0.388 e. The topological polar surface area (TPSA) is 77.4 Å².